The second-order valence-corrected chi connectivity index (χ2v) is 12.0. The van der Waals surface area contributed by atoms with E-state index in [0.29, 0.717) is 55.2 Å². The van der Waals surface area contributed by atoms with Crippen LogP contribution in [0, 0.1) is 0 Å². The number of anilines is 2. The van der Waals surface area contributed by atoms with Gasteiger partial charge in [0.2, 0.25) is 6.79 Å². The summed E-state index contributed by atoms with van der Waals surface area (Å²) in [5.74, 6) is 1.10. The maximum Gasteiger partial charge on any atom is 0.412 e. The molecule has 4 aromatic rings. The van der Waals surface area contributed by atoms with Gasteiger partial charge in [-0.15, -0.1) is 0 Å². The van der Waals surface area contributed by atoms with Crippen LogP contribution in [-0.2, 0) is 24.1 Å². The largest absolute Gasteiger partial charge is 0.454 e. The van der Waals surface area contributed by atoms with Gasteiger partial charge in [-0.1, -0.05) is 30.3 Å². The van der Waals surface area contributed by atoms with E-state index in [1.807, 2.05) is 42.5 Å². The third kappa shape index (κ3) is 9.70. The Hall–Kier alpha value is -5.58. The van der Waals surface area contributed by atoms with Gasteiger partial charge in [0.15, 0.2) is 11.5 Å². The number of nitrogens with zero attached hydrogens (tertiary/aromatic N) is 2. The summed E-state index contributed by atoms with van der Waals surface area (Å²) in [6.45, 7) is 6.84. The number of carbonyl (C=O) groups excluding carboxylic acids is 3. The molecule has 0 unspecified atom stereocenters. The summed E-state index contributed by atoms with van der Waals surface area (Å²) >= 11 is 0. The van der Waals surface area contributed by atoms with Crippen LogP contribution in [0.25, 0.3) is 0 Å². The van der Waals surface area contributed by atoms with E-state index >= 15 is 0 Å². The van der Waals surface area contributed by atoms with Gasteiger partial charge in [0.05, 0.1) is 11.4 Å². The number of ether oxygens (including phenoxy) is 3. The zero-order valence-corrected chi connectivity index (χ0v) is 26.7. The number of amides is 4. The van der Waals surface area contributed by atoms with E-state index in [0.717, 1.165) is 22.4 Å². The van der Waals surface area contributed by atoms with E-state index in [2.05, 4.69) is 20.9 Å². The van der Waals surface area contributed by atoms with Crippen molar-refractivity contribution < 1.29 is 28.6 Å². The third-order valence-corrected chi connectivity index (χ3v) is 7.23. The number of rotatable bonds is 11. The van der Waals surface area contributed by atoms with E-state index < -0.39 is 11.7 Å². The fraction of sp³-hybridized carbons (Fsp3) is 0.278. The van der Waals surface area contributed by atoms with Crippen LogP contribution >= 0.6 is 0 Å². The second kappa shape index (κ2) is 15.1. The summed E-state index contributed by atoms with van der Waals surface area (Å²) in [6.07, 6.45) is 4.16. The molecule has 47 heavy (non-hydrogen) atoms. The van der Waals surface area contributed by atoms with Crippen molar-refractivity contribution >= 4 is 29.4 Å². The highest BCUT2D eigenvalue weighted by Gasteiger charge is 2.19. The number of aromatic nitrogens is 1. The molecule has 1 aromatic heterocycles. The summed E-state index contributed by atoms with van der Waals surface area (Å²) in [7, 11) is 0. The first-order valence-electron chi connectivity index (χ1n) is 15.4. The molecule has 1 aliphatic heterocycles. The predicted molar refractivity (Wildman–Crippen MR) is 179 cm³/mol. The molecule has 11 nitrogen and oxygen atoms in total. The van der Waals surface area contributed by atoms with Gasteiger partial charge in [0.1, 0.15) is 5.60 Å². The molecule has 3 aromatic carbocycles. The standard InChI is InChI=1S/C36H39N5O6/c1-36(2,3)47-35(44)40-30-7-5-4-6-29(30)39-33(42)28-11-8-27(9-12-28)23-41(21-17-25-14-18-37-19-15-25)34(43)38-20-16-26-10-13-31-32(22-26)46-24-45-31/h4-15,18-19,22H,16-17,20-21,23-24H2,1-3H3,(H,38,43)(H,39,42)(H,40,44). The maximum absolute atomic E-state index is 13.4. The lowest BCUT2D eigenvalue weighted by Gasteiger charge is -2.23. The van der Waals surface area contributed by atoms with Crippen LogP contribution < -0.4 is 25.4 Å². The number of urea groups is 1. The SMILES string of the molecule is CC(C)(C)OC(=O)Nc1ccccc1NC(=O)c1ccc(CN(CCc2ccncc2)C(=O)NCCc2ccc3c(c2)OCO3)cc1. The quantitative estimate of drug-likeness (QED) is 0.173. The number of fused-ring (bicyclic) bond motifs is 1. The molecule has 0 atom stereocenters. The zero-order chi connectivity index (χ0) is 33.2. The molecule has 5 rings (SSSR count). The molecular formula is C36H39N5O6. The van der Waals surface area contributed by atoms with Crippen molar-refractivity contribution in [3.8, 4) is 11.5 Å². The molecular weight excluding hydrogens is 598 g/mol. The van der Waals surface area contributed by atoms with E-state index in [1.54, 1.807) is 74.5 Å². The van der Waals surface area contributed by atoms with Gasteiger partial charge < -0.3 is 29.7 Å². The third-order valence-electron chi connectivity index (χ3n) is 7.23. The Bertz CT molecular complexity index is 1690. The van der Waals surface area contributed by atoms with E-state index in [-0.39, 0.29) is 18.7 Å². The van der Waals surface area contributed by atoms with Crippen LogP contribution in [0.2, 0.25) is 0 Å². The summed E-state index contributed by atoms with van der Waals surface area (Å²) in [4.78, 5) is 44.6. The van der Waals surface area contributed by atoms with Crippen molar-refractivity contribution in [3.05, 3.63) is 114 Å². The topological polar surface area (TPSA) is 131 Å². The normalized spacial score (nSPS) is 11.8. The first-order chi connectivity index (χ1) is 22.6. The Balaban J connectivity index is 1.20. The van der Waals surface area contributed by atoms with Crippen molar-refractivity contribution in [3.63, 3.8) is 0 Å². The highest BCUT2D eigenvalue weighted by molar-refractivity contribution is 6.06. The fourth-order valence-electron chi connectivity index (χ4n) is 4.88. The fourth-order valence-corrected chi connectivity index (χ4v) is 4.88. The molecule has 11 heteroatoms. The van der Waals surface area contributed by atoms with Crippen molar-refractivity contribution in [1.29, 1.82) is 0 Å². The number of pyridine rings is 1. The lowest BCUT2D eigenvalue weighted by Crippen LogP contribution is -2.41. The molecule has 244 valence electrons. The first kappa shape index (κ1) is 32.8. The Labute approximate surface area is 274 Å². The summed E-state index contributed by atoms with van der Waals surface area (Å²) < 4.78 is 16.2. The first-order valence-corrected chi connectivity index (χ1v) is 15.4. The molecule has 0 saturated heterocycles. The smallest absolute Gasteiger partial charge is 0.412 e. The second-order valence-electron chi connectivity index (χ2n) is 12.0. The molecule has 0 aliphatic carbocycles. The molecule has 1 aliphatic rings. The Kier molecular flexibility index (Phi) is 10.6. The number of benzene rings is 3. The number of carbonyl (C=O) groups is 3. The molecule has 0 bridgehead atoms. The minimum Gasteiger partial charge on any atom is -0.454 e. The minimum absolute atomic E-state index is 0.185. The molecule has 4 amide bonds. The van der Waals surface area contributed by atoms with Crippen LogP contribution in [0.3, 0.4) is 0 Å². The van der Waals surface area contributed by atoms with E-state index in [4.69, 9.17) is 14.2 Å². The summed E-state index contributed by atoms with van der Waals surface area (Å²) in [5, 5.41) is 8.59. The lowest BCUT2D eigenvalue weighted by atomic mass is 10.1. The van der Waals surface area contributed by atoms with Gasteiger partial charge in [-0.25, -0.2) is 9.59 Å². The molecule has 3 N–H and O–H groups in total. The Morgan fingerprint density at radius 1 is 0.809 bits per heavy atom. The minimum atomic E-state index is -0.659. The van der Waals surface area contributed by atoms with E-state index in [1.165, 1.54) is 0 Å². The van der Waals surface area contributed by atoms with Crippen molar-refractivity contribution in [1.82, 2.24) is 15.2 Å². The summed E-state index contributed by atoms with van der Waals surface area (Å²) in [6, 6.07) is 23.5. The zero-order valence-electron chi connectivity index (χ0n) is 26.7. The van der Waals surface area contributed by atoms with Gasteiger partial charge >= 0.3 is 12.1 Å². The average Bonchev–Trinajstić information content (AvgIpc) is 3.52. The average molecular weight is 638 g/mol. The van der Waals surface area contributed by atoms with Gasteiger partial charge in [0, 0.05) is 37.6 Å². The molecule has 0 spiro atoms. The predicted octanol–water partition coefficient (Wildman–Crippen LogP) is 6.41. The molecule has 0 saturated carbocycles. The number of hydrogen-bond acceptors (Lipinski definition) is 7. The summed E-state index contributed by atoms with van der Waals surface area (Å²) in [5.41, 5.74) is 3.61. The van der Waals surface area contributed by atoms with Crippen LogP contribution in [0.5, 0.6) is 11.5 Å². The highest BCUT2D eigenvalue weighted by atomic mass is 16.7. The number of nitrogens with one attached hydrogen (secondary N) is 3. The van der Waals surface area contributed by atoms with Gasteiger partial charge in [0.25, 0.3) is 5.91 Å². The van der Waals surface area contributed by atoms with Crippen LogP contribution in [-0.4, -0.2) is 53.4 Å². The lowest BCUT2D eigenvalue weighted by molar-refractivity contribution is 0.0635. The highest BCUT2D eigenvalue weighted by Crippen LogP contribution is 2.32. The van der Waals surface area contributed by atoms with Crippen LogP contribution in [0.15, 0.2) is 91.3 Å². The molecule has 0 fully saturated rings. The van der Waals surface area contributed by atoms with Crippen molar-refractivity contribution in [2.24, 2.45) is 0 Å². The monoisotopic (exact) mass is 637 g/mol. The van der Waals surface area contributed by atoms with Crippen LogP contribution in [0.1, 0.15) is 47.8 Å². The van der Waals surface area contributed by atoms with Crippen molar-refractivity contribution in [2.75, 3.05) is 30.5 Å². The maximum atomic E-state index is 13.4. The Morgan fingerprint density at radius 2 is 1.49 bits per heavy atom. The van der Waals surface area contributed by atoms with Gasteiger partial charge in [-0.2, -0.15) is 0 Å². The van der Waals surface area contributed by atoms with Gasteiger partial charge in [-0.3, -0.25) is 15.1 Å². The van der Waals surface area contributed by atoms with Crippen LogP contribution in [0.4, 0.5) is 21.0 Å². The number of para-hydroxylation sites is 2. The Morgan fingerprint density at radius 3 is 2.21 bits per heavy atom. The van der Waals surface area contributed by atoms with Crippen molar-refractivity contribution in [2.45, 2.75) is 45.8 Å². The number of hydrogen-bond donors (Lipinski definition) is 3. The molecule has 0 radical (unpaired) electrons. The molecule has 2 heterocycles. The van der Waals surface area contributed by atoms with Gasteiger partial charge in [-0.05, 0) is 98.8 Å². The van der Waals surface area contributed by atoms with E-state index in [9.17, 15) is 14.4 Å².